The first-order valence-corrected chi connectivity index (χ1v) is 4.93. The molecule has 88 valence electrons. The fourth-order valence-corrected chi connectivity index (χ4v) is 1.13. The van der Waals surface area contributed by atoms with Crippen molar-refractivity contribution < 1.29 is 14.6 Å². The van der Waals surface area contributed by atoms with Gasteiger partial charge in [-0.25, -0.2) is 9.97 Å². The summed E-state index contributed by atoms with van der Waals surface area (Å²) in [5.74, 6) is -0.430. The summed E-state index contributed by atoms with van der Waals surface area (Å²) < 4.78 is 4.82. The van der Waals surface area contributed by atoms with E-state index in [0.717, 1.165) is 0 Å². The largest absolute Gasteiger partial charge is 0.394 e. The highest BCUT2D eigenvalue weighted by Gasteiger charge is 2.13. The van der Waals surface area contributed by atoms with E-state index >= 15 is 0 Å². The molecule has 2 N–H and O–H groups in total. The van der Waals surface area contributed by atoms with E-state index in [9.17, 15) is 4.79 Å². The number of halogens is 1. The Bertz CT molecular complexity index is 344. The molecule has 1 atom stereocenters. The Morgan fingerprint density at radius 2 is 2.38 bits per heavy atom. The third-order valence-electron chi connectivity index (χ3n) is 1.78. The summed E-state index contributed by atoms with van der Waals surface area (Å²) in [6.07, 6.45) is 2.54. The van der Waals surface area contributed by atoms with Crippen LogP contribution in [-0.4, -0.2) is 47.3 Å². The number of hydrogen-bond acceptors (Lipinski definition) is 5. The van der Waals surface area contributed by atoms with E-state index in [2.05, 4.69) is 15.3 Å². The third-order valence-corrected chi connectivity index (χ3v) is 1.97. The van der Waals surface area contributed by atoms with Crippen LogP contribution in [0.25, 0.3) is 0 Å². The van der Waals surface area contributed by atoms with E-state index in [0.29, 0.717) is 0 Å². The van der Waals surface area contributed by atoms with E-state index in [1.807, 2.05) is 0 Å². The minimum absolute atomic E-state index is 0.138. The van der Waals surface area contributed by atoms with E-state index in [1.165, 1.54) is 19.5 Å². The van der Waals surface area contributed by atoms with Gasteiger partial charge in [0.25, 0.3) is 5.91 Å². The van der Waals surface area contributed by atoms with Crippen molar-refractivity contribution in [1.29, 1.82) is 0 Å². The molecule has 0 aliphatic rings. The standard InChI is InChI=1S/C9H12ClN3O3/c1-16-5-6(4-14)13-9(15)7-2-12-8(10)3-11-7/h2-3,6,14H,4-5H2,1H3,(H,13,15). The van der Waals surface area contributed by atoms with E-state index in [4.69, 9.17) is 21.4 Å². The molecule has 1 aromatic rings. The number of amides is 1. The highest BCUT2D eigenvalue weighted by atomic mass is 35.5. The van der Waals surface area contributed by atoms with Crippen LogP contribution >= 0.6 is 11.6 Å². The Morgan fingerprint density at radius 1 is 1.62 bits per heavy atom. The molecule has 1 amide bonds. The van der Waals surface area contributed by atoms with Crippen molar-refractivity contribution in [2.24, 2.45) is 0 Å². The normalized spacial score (nSPS) is 12.2. The van der Waals surface area contributed by atoms with Crippen LogP contribution in [0.3, 0.4) is 0 Å². The minimum atomic E-state index is -0.463. The maximum Gasteiger partial charge on any atom is 0.271 e. The molecule has 1 aromatic heterocycles. The molecular weight excluding hydrogens is 234 g/mol. The number of hydrogen-bond donors (Lipinski definition) is 2. The number of aliphatic hydroxyl groups is 1. The van der Waals surface area contributed by atoms with Crippen molar-refractivity contribution in [2.45, 2.75) is 6.04 Å². The number of nitrogens with zero attached hydrogens (tertiary/aromatic N) is 2. The molecule has 16 heavy (non-hydrogen) atoms. The van der Waals surface area contributed by atoms with Gasteiger partial charge in [0.05, 0.1) is 31.6 Å². The summed E-state index contributed by atoms with van der Waals surface area (Å²) in [6, 6.07) is -0.463. The molecule has 0 saturated carbocycles. The number of nitrogens with one attached hydrogen (secondary N) is 1. The van der Waals surface area contributed by atoms with Gasteiger partial charge in [-0.05, 0) is 0 Å². The molecule has 0 saturated heterocycles. The van der Waals surface area contributed by atoms with Crippen LogP contribution in [0, 0.1) is 0 Å². The van der Waals surface area contributed by atoms with Crippen LogP contribution < -0.4 is 5.32 Å². The number of ether oxygens (including phenoxy) is 1. The van der Waals surface area contributed by atoms with Gasteiger partial charge < -0.3 is 15.2 Å². The summed E-state index contributed by atoms with van der Waals surface area (Å²) in [5.41, 5.74) is 0.138. The van der Waals surface area contributed by atoms with Crippen molar-refractivity contribution in [3.05, 3.63) is 23.2 Å². The van der Waals surface area contributed by atoms with Gasteiger partial charge in [-0.2, -0.15) is 0 Å². The summed E-state index contributed by atoms with van der Waals surface area (Å²) in [6.45, 7) is 0.0177. The lowest BCUT2D eigenvalue weighted by Gasteiger charge is -2.14. The Morgan fingerprint density at radius 3 is 2.88 bits per heavy atom. The first-order valence-electron chi connectivity index (χ1n) is 4.55. The van der Waals surface area contributed by atoms with Crippen molar-refractivity contribution >= 4 is 17.5 Å². The maximum atomic E-state index is 11.6. The Hall–Kier alpha value is -1.24. The molecule has 6 nitrogen and oxygen atoms in total. The molecule has 0 fully saturated rings. The van der Waals surface area contributed by atoms with Gasteiger partial charge in [-0.15, -0.1) is 0 Å². The summed E-state index contributed by atoms with van der Waals surface area (Å²) in [5, 5.41) is 11.7. The number of aromatic nitrogens is 2. The van der Waals surface area contributed by atoms with Crippen molar-refractivity contribution in [2.75, 3.05) is 20.3 Å². The first-order chi connectivity index (χ1) is 7.67. The second-order valence-corrected chi connectivity index (χ2v) is 3.42. The van der Waals surface area contributed by atoms with Crippen LogP contribution in [0.2, 0.25) is 5.15 Å². The predicted molar refractivity (Wildman–Crippen MR) is 57.3 cm³/mol. The maximum absolute atomic E-state index is 11.6. The van der Waals surface area contributed by atoms with Gasteiger partial charge >= 0.3 is 0 Å². The molecule has 0 aromatic carbocycles. The average Bonchev–Trinajstić information content (AvgIpc) is 2.29. The Balaban J connectivity index is 2.60. The molecule has 7 heteroatoms. The Kier molecular flexibility index (Phi) is 5.10. The molecule has 1 heterocycles. The zero-order valence-corrected chi connectivity index (χ0v) is 9.44. The summed E-state index contributed by atoms with van der Waals surface area (Å²) in [4.78, 5) is 19.1. The predicted octanol–water partition coefficient (Wildman–Crippen LogP) is -0.133. The quantitative estimate of drug-likeness (QED) is 0.755. The van der Waals surface area contributed by atoms with Gasteiger partial charge in [0, 0.05) is 7.11 Å². The fraction of sp³-hybridized carbons (Fsp3) is 0.444. The fourth-order valence-electron chi connectivity index (χ4n) is 1.03. The zero-order valence-electron chi connectivity index (χ0n) is 8.68. The van der Waals surface area contributed by atoms with Gasteiger partial charge in [0.1, 0.15) is 10.8 Å². The van der Waals surface area contributed by atoms with E-state index in [-0.39, 0.29) is 24.1 Å². The molecule has 1 rings (SSSR count). The monoisotopic (exact) mass is 245 g/mol. The lowest BCUT2D eigenvalue weighted by molar-refractivity contribution is 0.0834. The van der Waals surface area contributed by atoms with Crippen molar-refractivity contribution in [1.82, 2.24) is 15.3 Å². The minimum Gasteiger partial charge on any atom is -0.394 e. The number of rotatable bonds is 5. The molecule has 0 aliphatic heterocycles. The second kappa shape index (κ2) is 6.37. The Labute approximate surface area is 97.6 Å². The molecule has 0 aliphatic carbocycles. The van der Waals surface area contributed by atoms with Gasteiger partial charge in [-0.3, -0.25) is 4.79 Å². The molecule has 0 spiro atoms. The van der Waals surface area contributed by atoms with Crippen molar-refractivity contribution in [3.63, 3.8) is 0 Å². The van der Waals surface area contributed by atoms with E-state index < -0.39 is 11.9 Å². The molecular formula is C9H12ClN3O3. The molecule has 0 bridgehead atoms. The highest BCUT2D eigenvalue weighted by Crippen LogP contribution is 2.01. The van der Waals surface area contributed by atoms with Gasteiger partial charge in [0.2, 0.25) is 0 Å². The van der Waals surface area contributed by atoms with Crippen LogP contribution in [0.5, 0.6) is 0 Å². The van der Waals surface area contributed by atoms with Crippen LogP contribution in [0.4, 0.5) is 0 Å². The second-order valence-electron chi connectivity index (χ2n) is 3.03. The van der Waals surface area contributed by atoms with Gasteiger partial charge in [0.15, 0.2) is 0 Å². The van der Waals surface area contributed by atoms with Gasteiger partial charge in [-0.1, -0.05) is 11.6 Å². The molecule has 0 radical (unpaired) electrons. The number of methoxy groups -OCH3 is 1. The lowest BCUT2D eigenvalue weighted by atomic mass is 10.3. The smallest absolute Gasteiger partial charge is 0.271 e. The van der Waals surface area contributed by atoms with Crippen LogP contribution in [-0.2, 0) is 4.74 Å². The summed E-state index contributed by atoms with van der Waals surface area (Å²) >= 11 is 5.53. The lowest BCUT2D eigenvalue weighted by Crippen LogP contribution is -2.40. The van der Waals surface area contributed by atoms with Crippen LogP contribution in [0.1, 0.15) is 10.5 Å². The highest BCUT2D eigenvalue weighted by molar-refractivity contribution is 6.29. The topological polar surface area (TPSA) is 84.3 Å². The third kappa shape index (κ3) is 3.73. The number of carbonyl (C=O) groups excluding carboxylic acids is 1. The van der Waals surface area contributed by atoms with Crippen molar-refractivity contribution in [3.8, 4) is 0 Å². The first kappa shape index (κ1) is 12.8. The SMILES string of the molecule is COCC(CO)NC(=O)c1cnc(Cl)cn1. The summed E-state index contributed by atoms with van der Waals surface area (Å²) in [7, 11) is 1.48. The number of carbonyl (C=O) groups is 1. The zero-order chi connectivity index (χ0) is 12.0. The molecule has 1 unspecified atom stereocenters. The van der Waals surface area contributed by atoms with E-state index in [1.54, 1.807) is 0 Å². The average molecular weight is 246 g/mol. The van der Waals surface area contributed by atoms with Crippen LogP contribution in [0.15, 0.2) is 12.4 Å². The number of aliphatic hydroxyl groups excluding tert-OH is 1.